The van der Waals surface area contributed by atoms with E-state index in [-0.39, 0.29) is 6.61 Å². The summed E-state index contributed by atoms with van der Waals surface area (Å²) in [6.07, 6.45) is -0.590. The molecule has 3 N–H and O–H groups in total. The van der Waals surface area contributed by atoms with Gasteiger partial charge < -0.3 is 15.6 Å². The highest BCUT2D eigenvalue weighted by atomic mass is 16.5. The van der Waals surface area contributed by atoms with Crippen LogP contribution in [0.15, 0.2) is 30.3 Å². The fourth-order valence-electron chi connectivity index (χ4n) is 0.913. The van der Waals surface area contributed by atoms with Crippen molar-refractivity contribution in [2.24, 2.45) is 5.73 Å². The number of nitrogens with two attached hydrogens (primary N) is 1. The van der Waals surface area contributed by atoms with Crippen LogP contribution in [0.25, 0.3) is 0 Å². The van der Waals surface area contributed by atoms with Crippen molar-refractivity contribution in [1.82, 2.24) is 0 Å². The molecule has 0 aromatic heterocycles. The number of ether oxygens (including phenoxy) is 1. The van der Waals surface area contributed by atoms with Crippen LogP contribution >= 0.6 is 0 Å². The Morgan fingerprint density at radius 1 is 1.25 bits per heavy atom. The first-order valence-corrected chi connectivity index (χ1v) is 4.67. The number of esters is 1. The maximum Gasteiger partial charge on any atom is 0.317 e. The van der Waals surface area contributed by atoms with Crippen molar-refractivity contribution in [3.05, 3.63) is 35.9 Å². The van der Waals surface area contributed by atoms with Crippen LogP contribution in [-0.2, 0) is 20.9 Å². The largest absolute Gasteiger partial charge is 0.481 e. The summed E-state index contributed by atoms with van der Waals surface area (Å²) >= 11 is 0. The third-order valence-electron chi connectivity index (χ3n) is 1.54. The number of carbonyl (C=O) groups is 2. The Morgan fingerprint density at radius 2 is 1.81 bits per heavy atom. The molecule has 1 aromatic carbocycles. The predicted octanol–water partition coefficient (Wildman–Crippen LogP) is 0.779. The fourth-order valence-corrected chi connectivity index (χ4v) is 0.913. The van der Waals surface area contributed by atoms with Crippen LogP contribution in [0.1, 0.15) is 12.0 Å². The minimum Gasteiger partial charge on any atom is -0.481 e. The molecule has 0 saturated heterocycles. The van der Waals surface area contributed by atoms with Crippen molar-refractivity contribution in [3.63, 3.8) is 0 Å². The minimum atomic E-state index is -1.18. The molecule has 1 rings (SSSR count). The molecule has 0 aliphatic heterocycles. The van der Waals surface area contributed by atoms with Crippen LogP contribution in [0.2, 0.25) is 0 Å². The van der Waals surface area contributed by atoms with Crippen LogP contribution < -0.4 is 5.73 Å². The first-order valence-electron chi connectivity index (χ1n) is 4.67. The topological polar surface area (TPSA) is 89.6 Å². The lowest BCUT2D eigenvalue weighted by Crippen LogP contribution is -2.10. The Hall–Kier alpha value is -1.88. The molecule has 0 aliphatic rings. The average molecular weight is 225 g/mol. The van der Waals surface area contributed by atoms with Gasteiger partial charge in [-0.25, -0.2) is 0 Å². The fraction of sp³-hybridized carbons (Fsp3) is 0.273. The van der Waals surface area contributed by atoms with Gasteiger partial charge in [-0.3, -0.25) is 9.59 Å². The molecule has 16 heavy (non-hydrogen) atoms. The zero-order valence-corrected chi connectivity index (χ0v) is 9.05. The number of hydrogen-bond acceptors (Lipinski definition) is 4. The van der Waals surface area contributed by atoms with E-state index in [0.29, 0.717) is 0 Å². The van der Waals surface area contributed by atoms with Crippen molar-refractivity contribution in [1.29, 1.82) is 0 Å². The maximum absolute atomic E-state index is 10.8. The van der Waals surface area contributed by atoms with Gasteiger partial charge in [0.15, 0.2) is 0 Å². The first kappa shape index (κ1) is 14.1. The van der Waals surface area contributed by atoms with Crippen molar-refractivity contribution < 1.29 is 19.4 Å². The molecule has 0 aliphatic carbocycles. The highest BCUT2D eigenvalue weighted by Gasteiger charge is 2.08. The highest BCUT2D eigenvalue weighted by molar-refractivity contribution is 5.90. The summed E-state index contributed by atoms with van der Waals surface area (Å²) in [7, 11) is 1.50. The number of benzene rings is 1. The second-order valence-electron chi connectivity index (χ2n) is 2.72. The quantitative estimate of drug-likeness (QED) is 0.583. The van der Waals surface area contributed by atoms with Gasteiger partial charge in [0.05, 0.1) is 0 Å². The summed E-state index contributed by atoms with van der Waals surface area (Å²) in [5, 5.41) is 8.28. The zero-order chi connectivity index (χ0) is 12.4. The van der Waals surface area contributed by atoms with Gasteiger partial charge in [-0.2, -0.15) is 0 Å². The van der Waals surface area contributed by atoms with Gasteiger partial charge in [0, 0.05) is 0 Å². The van der Waals surface area contributed by atoms with Gasteiger partial charge in [-0.15, -0.1) is 0 Å². The molecule has 1 aromatic rings. The second-order valence-corrected chi connectivity index (χ2v) is 2.72. The number of aliphatic carboxylic acids is 1. The van der Waals surface area contributed by atoms with E-state index in [9.17, 15) is 9.59 Å². The third kappa shape index (κ3) is 6.56. The molecule has 5 heteroatoms. The zero-order valence-electron chi connectivity index (χ0n) is 9.05. The van der Waals surface area contributed by atoms with E-state index in [0.717, 1.165) is 5.56 Å². The molecule has 0 atom stereocenters. The van der Waals surface area contributed by atoms with Crippen molar-refractivity contribution in [2.45, 2.75) is 13.0 Å². The molecule has 0 saturated carbocycles. The van der Waals surface area contributed by atoms with Gasteiger partial charge in [0.2, 0.25) is 0 Å². The summed E-state index contributed by atoms with van der Waals surface area (Å²) < 4.78 is 4.72. The molecule has 0 unspecified atom stereocenters. The number of carboxylic acid groups (broad SMARTS) is 1. The Kier molecular flexibility index (Phi) is 7.44. The van der Waals surface area contributed by atoms with Crippen LogP contribution in [0, 0.1) is 0 Å². The number of carboxylic acids is 1. The lowest BCUT2D eigenvalue weighted by molar-refractivity contribution is -0.152. The summed E-state index contributed by atoms with van der Waals surface area (Å²) in [6, 6.07) is 9.09. The molecule has 0 heterocycles. The molecular formula is C11H15NO4. The molecule has 0 fully saturated rings. The Labute approximate surface area is 93.8 Å². The van der Waals surface area contributed by atoms with Gasteiger partial charge >= 0.3 is 11.9 Å². The van der Waals surface area contributed by atoms with Gasteiger partial charge in [-0.05, 0) is 12.6 Å². The van der Waals surface area contributed by atoms with Crippen molar-refractivity contribution in [2.75, 3.05) is 7.05 Å². The number of carbonyl (C=O) groups excluding carboxylic acids is 1. The van der Waals surface area contributed by atoms with Crippen LogP contribution in [0.3, 0.4) is 0 Å². The van der Waals surface area contributed by atoms with E-state index < -0.39 is 18.4 Å². The predicted molar refractivity (Wildman–Crippen MR) is 58.6 cm³/mol. The number of hydrogen-bond donors (Lipinski definition) is 2. The lowest BCUT2D eigenvalue weighted by Gasteiger charge is -2.02. The van der Waals surface area contributed by atoms with Crippen LogP contribution in [0.4, 0.5) is 0 Å². The molecule has 0 bridgehead atoms. The van der Waals surface area contributed by atoms with Crippen molar-refractivity contribution in [3.8, 4) is 0 Å². The summed E-state index contributed by atoms with van der Waals surface area (Å²) in [5.74, 6) is -1.90. The second kappa shape index (κ2) is 8.43. The first-order chi connectivity index (χ1) is 7.68. The van der Waals surface area contributed by atoms with Gasteiger partial charge in [0.25, 0.3) is 0 Å². The Balaban J connectivity index is 0.00000106. The van der Waals surface area contributed by atoms with E-state index >= 15 is 0 Å². The summed E-state index contributed by atoms with van der Waals surface area (Å²) in [6.45, 7) is 0.118. The summed E-state index contributed by atoms with van der Waals surface area (Å²) in [5.41, 5.74) is 5.34. The van der Waals surface area contributed by atoms with Crippen LogP contribution in [-0.4, -0.2) is 24.1 Å². The van der Waals surface area contributed by atoms with E-state index in [2.05, 4.69) is 5.73 Å². The van der Waals surface area contributed by atoms with E-state index in [1.807, 2.05) is 18.2 Å². The SMILES string of the molecule is CN.O=C(O)CC(=O)OCc1ccccc1. The standard InChI is InChI=1S/C10H10O4.CH5N/c11-9(12)6-10(13)14-7-8-4-2-1-3-5-8;1-2/h1-5H,6-7H2,(H,11,12);2H2,1H3. The molecule has 0 amide bonds. The smallest absolute Gasteiger partial charge is 0.317 e. The minimum absolute atomic E-state index is 0.118. The summed E-state index contributed by atoms with van der Waals surface area (Å²) in [4.78, 5) is 20.9. The molecule has 0 radical (unpaired) electrons. The Morgan fingerprint density at radius 3 is 2.31 bits per heavy atom. The molecule has 88 valence electrons. The molecule has 5 nitrogen and oxygen atoms in total. The lowest BCUT2D eigenvalue weighted by atomic mass is 10.2. The molecule has 0 spiro atoms. The van der Waals surface area contributed by atoms with E-state index in [1.54, 1.807) is 12.1 Å². The van der Waals surface area contributed by atoms with Crippen molar-refractivity contribution >= 4 is 11.9 Å². The number of rotatable bonds is 4. The van der Waals surface area contributed by atoms with Crippen LogP contribution in [0.5, 0.6) is 0 Å². The average Bonchev–Trinajstić information content (AvgIpc) is 2.30. The van der Waals surface area contributed by atoms with Gasteiger partial charge in [-0.1, -0.05) is 30.3 Å². The van der Waals surface area contributed by atoms with E-state index in [1.165, 1.54) is 7.05 Å². The normalized spacial score (nSPS) is 8.62. The maximum atomic E-state index is 10.8. The highest BCUT2D eigenvalue weighted by Crippen LogP contribution is 2.01. The Bertz CT molecular complexity index is 324. The molecular weight excluding hydrogens is 210 g/mol. The van der Waals surface area contributed by atoms with Gasteiger partial charge in [0.1, 0.15) is 13.0 Å². The van der Waals surface area contributed by atoms with E-state index in [4.69, 9.17) is 9.84 Å². The third-order valence-corrected chi connectivity index (χ3v) is 1.54. The monoisotopic (exact) mass is 225 g/mol.